The molecule has 0 radical (unpaired) electrons. The molecule has 2 atom stereocenters. The fourth-order valence-corrected chi connectivity index (χ4v) is 4.04. The maximum atomic E-state index is 13.2. The number of carbonyl (C=O) groups excluding carboxylic acids is 1. The van der Waals surface area contributed by atoms with Crippen LogP contribution in [-0.4, -0.2) is 43.2 Å². The number of fused-ring (bicyclic) bond motifs is 1. The van der Waals surface area contributed by atoms with Crippen LogP contribution < -0.4 is 4.90 Å². The number of methoxy groups -OCH3 is 1. The van der Waals surface area contributed by atoms with Gasteiger partial charge in [0.25, 0.3) is 5.91 Å². The van der Waals surface area contributed by atoms with Crippen LogP contribution in [0, 0.1) is 11.5 Å². The molecule has 2 heterocycles. The summed E-state index contributed by atoms with van der Waals surface area (Å²) in [7, 11) is 1.63. The van der Waals surface area contributed by atoms with E-state index >= 15 is 0 Å². The predicted molar refractivity (Wildman–Crippen MR) is 99.5 cm³/mol. The van der Waals surface area contributed by atoms with Crippen LogP contribution >= 0.6 is 0 Å². The first kappa shape index (κ1) is 16.6. The number of nitrogens with zero attached hydrogens (tertiary/aromatic N) is 3. The second kappa shape index (κ2) is 6.81. The van der Waals surface area contributed by atoms with Gasteiger partial charge in [-0.1, -0.05) is 42.5 Å². The van der Waals surface area contributed by atoms with Gasteiger partial charge in [-0.2, -0.15) is 5.26 Å². The van der Waals surface area contributed by atoms with Gasteiger partial charge in [0.1, 0.15) is 6.04 Å². The number of ether oxygens (including phenoxy) is 1. The topological polar surface area (TPSA) is 56.6 Å². The van der Waals surface area contributed by atoms with Crippen LogP contribution in [0.1, 0.15) is 12.0 Å². The minimum absolute atomic E-state index is 0.00457. The Morgan fingerprint density at radius 1 is 1.19 bits per heavy atom. The maximum absolute atomic E-state index is 13.2. The van der Waals surface area contributed by atoms with E-state index in [-0.39, 0.29) is 12.0 Å². The summed E-state index contributed by atoms with van der Waals surface area (Å²) in [6, 6.07) is 15.9. The minimum Gasteiger partial charge on any atom is -0.379 e. The van der Waals surface area contributed by atoms with Crippen LogP contribution in [0.5, 0.6) is 0 Å². The zero-order valence-corrected chi connectivity index (χ0v) is 14.8. The molecule has 26 heavy (non-hydrogen) atoms. The SMILES string of the molecule is CO[C@H]1C[C@@H](C(=O)N2CCc3c(-c4ccccc4)cccc32)N(C#N)C1. The fourth-order valence-electron chi connectivity index (χ4n) is 4.04. The van der Waals surface area contributed by atoms with E-state index < -0.39 is 6.04 Å². The molecular weight excluding hydrogens is 326 g/mol. The third kappa shape index (κ3) is 2.73. The van der Waals surface area contributed by atoms with Crippen molar-refractivity contribution in [1.29, 1.82) is 5.26 Å². The van der Waals surface area contributed by atoms with Crippen molar-refractivity contribution in [1.82, 2.24) is 4.90 Å². The van der Waals surface area contributed by atoms with Gasteiger partial charge in [-0.25, -0.2) is 0 Å². The Bertz CT molecular complexity index is 859. The molecule has 2 aromatic rings. The molecule has 0 aliphatic carbocycles. The number of anilines is 1. The molecule has 1 fully saturated rings. The van der Waals surface area contributed by atoms with Crippen molar-refractivity contribution in [3.63, 3.8) is 0 Å². The molecule has 5 nitrogen and oxygen atoms in total. The highest BCUT2D eigenvalue weighted by atomic mass is 16.5. The Balaban J connectivity index is 1.65. The van der Waals surface area contributed by atoms with Crippen molar-refractivity contribution in [2.75, 3.05) is 25.1 Å². The molecule has 2 aliphatic rings. The molecule has 1 saturated heterocycles. The van der Waals surface area contributed by atoms with Crippen LogP contribution in [-0.2, 0) is 16.0 Å². The number of benzene rings is 2. The Morgan fingerprint density at radius 3 is 2.73 bits per heavy atom. The molecule has 2 aliphatic heterocycles. The molecule has 4 rings (SSSR count). The van der Waals surface area contributed by atoms with Crippen LogP contribution in [0.25, 0.3) is 11.1 Å². The van der Waals surface area contributed by atoms with Gasteiger partial charge in [-0.05, 0) is 29.2 Å². The fraction of sp³-hybridized carbons (Fsp3) is 0.333. The summed E-state index contributed by atoms with van der Waals surface area (Å²) in [6.45, 7) is 1.14. The van der Waals surface area contributed by atoms with Gasteiger partial charge < -0.3 is 9.64 Å². The number of hydrogen-bond acceptors (Lipinski definition) is 4. The average molecular weight is 347 g/mol. The Kier molecular flexibility index (Phi) is 4.36. The molecule has 0 saturated carbocycles. The molecule has 0 N–H and O–H groups in total. The molecule has 0 unspecified atom stereocenters. The Labute approximate surface area is 153 Å². The van der Waals surface area contributed by atoms with E-state index in [0.29, 0.717) is 19.5 Å². The van der Waals surface area contributed by atoms with Crippen molar-refractivity contribution in [3.8, 4) is 17.3 Å². The van der Waals surface area contributed by atoms with Gasteiger partial charge in [0.05, 0.1) is 12.6 Å². The van der Waals surface area contributed by atoms with Crippen molar-refractivity contribution in [2.45, 2.75) is 25.0 Å². The van der Waals surface area contributed by atoms with Gasteiger partial charge in [0, 0.05) is 25.8 Å². The molecule has 2 aromatic carbocycles. The molecule has 0 bridgehead atoms. The van der Waals surface area contributed by atoms with E-state index in [2.05, 4.69) is 24.4 Å². The number of likely N-dealkylation sites (tertiary alicyclic amines) is 1. The molecule has 0 spiro atoms. The molecule has 0 aromatic heterocycles. The van der Waals surface area contributed by atoms with E-state index in [9.17, 15) is 10.1 Å². The monoisotopic (exact) mass is 347 g/mol. The second-order valence-electron chi connectivity index (χ2n) is 6.77. The zero-order valence-electron chi connectivity index (χ0n) is 14.8. The lowest BCUT2D eigenvalue weighted by Gasteiger charge is -2.24. The van der Waals surface area contributed by atoms with Gasteiger partial charge in [0.15, 0.2) is 6.19 Å². The van der Waals surface area contributed by atoms with Gasteiger partial charge in [-0.3, -0.25) is 9.69 Å². The van der Waals surface area contributed by atoms with E-state index in [1.54, 1.807) is 12.0 Å². The first-order valence-electron chi connectivity index (χ1n) is 8.90. The summed E-state index contributed by atoms with van der Waals surface area (Å²) in [5.74, 6) is -0.00457. The summed E-state index contributed by atoms with van der Waals surface area (Å²) < 4.78 is 5.37. The Morgan fingerprint density at radius 2 is 2.00 bits per heavy atom. The highest BCUT2D eigenvalue weighted by Crippen LogP contribution is 2.37. The lowest BCUT2D eigenvalue weighted by Crippen LogP contribution is -2.43. The van der Waals surface area contributed by atoms with Crippen LogP contribution in [0.2, 0.25) is 0 Å². The van der Waals surface area contributed by atoms with E-state index in [4.69, 9.17) is 4.74 Å². The molecular formula is C21H21N3O2. The molecule has 1 amide bonds. The third-order valence-corrected chi connectivity index (χ3v) is 5.39. The van der Waals surface area contributed by atoms with Crippen LogP contribution in [0.4, 0.5) is 5.69 Å². The summed E-state index contributed by atoms with van der Waals surface area (Å²) in [6.07, 6.45) is 3.48. The van der Waals surface area contributed by atoms with Crippen molar-refractivity contribution in [3.05, 3.63) is 54.1 Å². The first-order valence-corrected chi connectivity index (χ1v) is 8.90. The quantitative estimate of drug-likeness (QED) is 0.801. The van der Waals surface area contributed by atoms with Gasteiger partial charge in [0.2, 0.25) is 0 Å². The van der Waals surface area contributed by atoms with Crippen molar-refractivity contribution < 1.29 is 9.53 Å². The van der Waals surface area contributed by atoms with Crippen LogP contribution in [0.3, 0.4) is 0 Å². The van der Waals surface area contributed by atoms with Gasteiger partial charge in [-0.15, -0.1) is 0 Å². The lowest BCUT2D eigenvalue weighted by atomic mass is 9.98. The summed E-state index contributed by atoms with van der Waals surface area (Å²) in [4.78, 5) is 16.6. The second-order valence-corrected chi connectivity index (χ2v) is 6.77. The third-order valence-electron chi connectivity index (χ3n) is 5.39. The largest absolute Gasteiger partial charge is 0.379 e. The number of carbonyl (C=O) groups is 1. The highest BCUT2D eigenvalue weighted by Gasteiger charge is 2.40. The van der Waals surface area contributed by atoms with E-state index in [0.717, 1.165) is 17.7 Å². The smallest absolute Gasteiger partial charge is 0.250 e. The van der Waals surface area contributed by atoms with E-state index in [1.807, 2.05) is 35.2 Å². The maximum Gasteiger partial charge on any atom is 0.250 e. The zero-order chi connectivity index (χ0) is 18.1. The predicted octanol–water partition coefficient (Wildman–Crippen LogP) is 2.81. The van der Waals surface area contributed by atoms with Crippen molar-refractivity contribution >= 4 is 11.6 Å². The average Bonchev–Trinajstić information content (AvgIpc) is 3.32. The van der Waals surface area contributed by atoms with Crippen LogP contribution in [0.15, 0.2) is 48.5 Å². The standard InChI is InChI=1S/C21H21N3O2/c1-26-16-12-20(23(13-16)14-22)21(25)24-11-10-18-17(8-5-9-19(18)24)15-6-3-2-4-7-15/h2-9,16,20H,10-13H2,1H3/t16-,20-/m0/s1. The van der Waals surface area contributed by atoms with Crippen molar-refractivity contribution in [2.24, 2.45) is 0 Å². The molecule has 132 valence electrons. The number of amides is 1. The summed E-state index contributed by atoms with van der Waals surface area (Å²) in [5, 5.41) is 9.38. The lowest BCUT2D eigenvalue weighted by molar-refractivity contribution is -0.122. The van der Waals surface area contributed by atoms with E-state index in [1.165, 1.54) is 11.1 Å². The van der Waals surface area contributed by atoms with Gasteiger partial charge >= 0.3 is 0 Å². The number of hydrogen-bond donors (Lipinski definition) is 0. The highest BCUT2D eigenvalue weighted by molar-refractivity contribution is 6.00. The summed E-state index contributed by atoms with van der Waals surface area (Å²) in [5.41, 5.74) is 4.52. The normalized spacial score (nSPS) is 21.5. The minimum atomic E-state index is -0.434. The molecule has 5 heteroatoms. The number of nitriles is 1. The first-order chi connectivity index (χ1) is 12.7. The summed E-state index contributed by atoms with van der Waals surface area (Å²) >= 11 is 0. The Hall–Kier alpha value is -2.84. The number of rotatable bonds is 3.